The van der Waals surface area contributed by atoms with Gasteiger partial charge in [-0.15, -0.1) is 0 Å². The highest BCUT2D eigenvalue weighted by Crippen LogP contribution is 2.38. The maximum Gasteiger partial charge on any atom is 0.224 e. The molecule has 21 heavy (non-hydrogen) atoms. The van der Waals surface area contributed by atoms with E-state index in [1.54, 1.807) is 0 Å². The summed E-state index contributed by atoms with van der Waals surface area (Å²) in [6.45, 7) is 0.759. The van der Waals surface area contributed by atoms with E-state index < -0.39 is 0 Å². The lowest BCUT2D eigenvalue weighted by atomic mass is 10.0. The summed E-state index contributed by atoms with van der Waals surface area (Å²) < 4.78 is 5.74. The van der Waals surface area contributed by atoms with Crippen LogP contribution in [0.25, 0.3) is 0 Å². The van der Waals surface area contributed by atoms with Gasteiger partial charge in [0.05, 0.1) is 18.6 Å². The van der Waals surface area contributed by atoms with Crippen molar-refractivity contribution in [3.05, 3.63) is 35.4 Å². The highest BCUT2D eigenvalue weighted by atomic mass is 32.1. The van der Waals surface area contributed by atoms with Crippen molar-refractivity contribution in [1.29, 1.82) is 0 Å². The molecule has 5 heteroatoms. The quantitative estimate of drug-likeness (QED) is 0.810. The average Bonchev–Trinajstić information content (AvgIpc) is 3.20. The van der Waals surface area contributed by atoms with Crippen molar-refractivity contribution in [3.63, 3.8) is 0 Å². The number of amides is 1. The Morgan fingerprint density at radius 3 is 2.62 bits per heavy atom. The molecule has 3 rings (SSSR count). The average molecular weight is 304 g/mol. The fourth-order valence-corrected chi connectivity index (χ4v) is 3.02. The Labute approximate surface area is 130 Å². The maximum atomic E-state index is 12.2. The zero-order valence-corrected chi connectivity index (χ0v) is 12.7. The second-order valence-corrected chi connectivity index (χ2v) is 6.31. The minimum atomic E-state index is 0.0548. The number of carbonyl (C=O) groups excluding carboxylic acids is 1. The number of carbonyl (C=O) groups is 1. The molecule has 2 aliphatic rings. The lowest BCUT2D eigenvalue weighted by molar-refractivity contribution is -0.121. The predicted octanol–water partition coefficient (Wildman–Crippen LogP) is 1.55. The fourth-order valence-electron chi connectivity index (χ4n) is 2.89. The molecule has 1 aliphatic carbocycles. The molecule has 112 valence electrons. The van der Waals surface area contributed by atoms with Gasteiger partial charge < -0.3 is 15.8 Å². The summed E-state index contributed by atoms with van der Waals surface area (Å²) in [5, 5.41) is 3.12. The molecule has 1 saturated carbocycles. The first-order chi connectivity index (χ1) is 10.1. The Bertz CT molecular complexity index is 540. The third kappa shape index (κ3) is 3.60. The van der Waals surface area contributed by atoms with Gasteiger partial charge in [-0.3, -0.25) is 4.79 Å². The number of hydrogen-bond donors (Lipinski definition) is 2. The van der Waals surface area contributed by atoms with Crippen molar-refractivity contribution in [1.82, 2.24) is 5.32 Å². The Balaban J connectivity index is 1.54. The normalized spacial score (nSPS) is 24.8. The molecule has 3 N–H and O–H groups in total. The van der Waals surface area contributed by atoms with E-state index in [4.69, 9.17) is 22.7 Å². The van der Waals surface area contributed by atoms with Crippen LogP contribution in [-0.2, 0) is 16.0 Å². The summed E-state index contributed by atoms with van der Waals surface area (Å²) in [6, 6.07) is 7.70. The molecular weight excluding hydrogens is 284 g/mol. The van der Waals surface area contributed by atoms with Crippen molar-refractivity contribution in [2.75, 3.05) is 6.61 Å². The van der Waals surface area contributed by atoms with Crippen LogP contribution in [0.15, 0.2) is 24.3 Å². The van der Waals surface area contributed by atoms with Gasteiger partial charge in [0.2, 0.25) is 5.91 Å². The molecule has 0 spiro atoms. The number of ether oxygens (including phenoxy) is 1. The maximum absolute atomic E-state index is 12.2. The number of benzene rings is 1. The second-order valence-electron chi connectivity index (χ2n) is 5.87. The number of nitrogens with two attached hydrogens (primary N) is 1. The summed E-state index contributed by atoms with van der Waals surface area (Å²) in [4.78, 5) is 12.5. The summed E-state index contributed by atoms with van der Waals surface area (Å²) in [7, 11) is 0. The SMILES string of the molecule is NC(=S)c1ccc(CC(=O)NC2CCOC2C2CC2)cc1. The van der Waals surface area contributed by atoms with Crippen LogP contribution in [0.5, 0.6) is 0 Å². The minimum Gasteiger partial charge on any atom is -0.389 e. The van der Waals surface area contributed by atoms with Crippen LogP contribution in [0.3, 0.4) is 0 Å². The first-order valence-corrected chi connectivity index (χ1v) is 7.84. The monoisotopic (exact) mass is 304 g/mol. The van der Waals surface area contributed by atoms with E-state index in [9.17, 15) is 4.79 Å². The lowest BCUT2D eigenvalue weighted by Crippen LogP contribution is -2.42. The Kier molecular flexibility index (Phi) is 4.22. The first-order valence-electron chi connectivity index (χ1n) is 7.43. The molecule has 2 fully saturated rings. The molecule has 0 bridgehead atoms. The fraction of sp³-hybridized carbons (Fsp3) is 0.500. The summed E-state index contributed by atoms with van der Waals surface area (Å²) in [5.41, 5.74) is 7.35. The van der Waals surface area contributed by atoms with Crippen LogP contribution < -0.4 is 11.1 Å². The van der Waals surface area contributed by atoms with Gasteiger partial charge >= 0.3 is 0 Å². The first kappa shape index (κ1) is 14.5. The van der Waals surface area contributed by atoms with Crippen LogP contribution in [0, 0.1) is 5.92 Å². The molecule has 2 unspecified atom stereocenters. The largest absolute Gasteiger partial charge is 0.389 e. The molecule has 0 aromatic heterocycles. The van der Waals surface area contributed by atoms with E-state index in [-0.39, 0.29) is 18.1 Å². The Morgan fingerprint density at radius 1 is 1.29 bits per heavy atom. The topological polar surface area (TPSA) is 64.4 Å². The van der Waals surface area contributed by atoms with Crippen molar-refractivity contribution >= 4 is 23.1 Å². The van der Waals surface area contributed by atoms with Gasteiger partial charge in [-0.25, -0.2) is 0 Å². The number of thiocarbonyl (C=S) groups is 1. The smallest absolute Gasteiger partial charge is 0.224 e. The van der Waals surface area contributed by atoms with Gasteiger partial charge in [0.25, 0.3) is 0 Å². The number of hydrogen-bond acceptors (Lipinski definition) is 3. The van der Waals surface area contributed by atoms with E-state index >= 15 is 0 Å². The van der Waals surface area contributed by atoms with Crippen molar-refractivity contribution in [3.8, 4) is 0 Å². The van der Waals surface area contributed by atoms with Crippen molar-refractivity contribution in [2.24, 2.45) is 11.7 Å². The summed E-state index contributed by atoms with van der Waals surface area (Å²) in [5.74, 6) is 0.710. The standard InChI is InChI=1S/C16H20N2O2S/c17-16(21)12-3-1-10(2-4-12)9-14(19)18-13-7-8-20-15(13)11-5-6-11/h1-4,11,13,15H,5-9H2,(H2,17,21)(H,18,19). The molecule has 1 amide bonds. The molecule has 2 atom stereocenters. The van der Waals surface area contributed by atoms with Crippen LogP contribution >= 0.6 is 12.2 Å². The van der Waals surface area contributed by atoms with Gasteiger partial charge in [-0.2, -0.15) is 0 Å². The van der Waals surface area contributed by atoms with Crippen molar-refractivity contribution in [2.45, 2.75) is 37.8 Å². The zero-order valence-electron chi connectivity index (χ0n) is 11.9. The molecule has 0 radical (unpaired) electrons. The van der Waals surface area contributed by atoms with E-state index in [0.29, 0.717) is 17.3 Å². The van der Waals surface area contributed by atoms with Crippen molar-refractivity contribution < 1.29 is 9.53 Å². The number of rotatable bonds is 5. The molecule has 1 aliphatic heterocycles. The highest BCUT2D eigenvalue weighted by molar-refractivity contribution is 7.80. The van der Waals surface area contributed by atoms with Gasteiger partial charge in [-0.1, -0.05) is 36.5 Å². The zero-order chi connectivity index (χ0) is 14.8. The van der Waals surface area contributed by atoms with E-state index in [0.717, 1.165) is 24.2 Å². The number of nitrogens with one attached hydrogen (secondary N) is 1. The minimum absolute atomic E-state index is 0.0548. The molecule has 1 heterocycles. The highest BCUT2D eigenvalue weighted by Gasteiger charge is 2.41. The molecule has 1 saturated heterocycles. The van der Waals surface area contributed by atoms with Crippen LogP contribution in [-0.4, -0.2) is 29.6 Å². The van der Waals surface area contributed by atoms with Gasteiger partial charge in [0, 0.05) is 12.2 Å². The molecule has 1 aromatic carbocycles. The summed E-state index contributed by atoms with van der Waals surface area (Å²) in [6.07, 6.45) is 4.00. The second kappa shape index (κ2) is 6.12. The predicted molar refractivity (Wildman–Crippen MR) is 85.0 cm³/mol. The van der Waals surface area contributed by atoms with E-state index in [1.165, 1.54) is 12.8 Å². The Morgan fingerprint density at radius 2 is 2.00 bits per heavy atom. The van der Waals surface area contributed by atoms with Gasteiger partial charge in [-0.05, 0) is 30.7 Å². The lowest BCUT2D eigenvalue weighted by Gasteiger charge is -2.19. The summed E-state index contributed by atoms with van der Waals surface area (Å²) >= 11 is 4.92. The van der Waals surface area contributed by atoms with E-state index in [2.05, 4.69) is 5.32 Å². The third-order valence-corrected chi connectivity index (χ3v) is 4.41. The van der Waals surface area contributed by atoms with E-state index in [1.807, 2.05) is 24.3 Å². The van der Waals surface area contributed by atoms with Crippen LogP contribution in [0.1, 0.15) is 30.4 Å². The molecule has 4 nitrogen and oxygen atoms in total. The molecule has 1 aromatic rings. The van der Waals surface area contributed by atoms with Gasteiger partial charge in [0.15, 0.2) is 0 Å². The Hall–Kier alpha value is -1.46. The molecular formula is C16H20N2O2S. The third-order valence-electron chi connectivity index (χ3n) is 4.17. The van der Waals surface area contributed by atoms with Crippen LogP contribution in [0.2, 0.25) is 0 Å². The van der Waals surface area contributed by atoms with Crippen LogP contribution in [0.4, 0.5) is 0 Å². The van der Waals surface area contributed by atoms with Gasteiger partial charge in [0.1, 0.15) is 4.99 Å².